The number of piperidine rings is 1. The summed E-state index contributed by atoms with van der Waals surface area (Å²) >= 11 is 0. The summed E-state index contributed by atoms with van der Waals surface area (Å²) < 4.78 is 26.2. The molecule has 2 rings (SSSR count). The Bertz CT molecular complexity index is 645. The van der Waals surface area contributed by atoms with Crippen molar-refractivity contribution in [3.63, 3.8) is 0 Å². The SMILES string of the molecule is CCCCCCN(c1cccc([C@@H]2CCN(C)[C@H](C)C2)c1)S(C)(=O)=O. The fraction of sp³-hybridized carbons (Fsp3) is 0.700. The number of benzene rings is 1. The molecule has 1 aliphatic rings. The van der Waals surface area contributed by atoms with Gasteiger partial charge in [-0.15, -0.1) is 0 Å². The quantitative estimate of drug-likeness (QED) is 0.647. The van der Waals surface area contributed by atoms with E-state index in [9.17, 15) is 8.42 Å². The van der Waals surface area contributed by atoms with Crippen molar-refractivity contribution >= 4 is 15.7 Å². The van der Waals surface area contributed by atoms with Crippen molar-refractivity contribution in [2.75, 3.05) is 30.7 Å². The lowest BCUT2D eigenvalue weighted by Gasteiger charge is -2.35. The number of sulfonamides is 1. The summed E-state index contributed by atoms with van der Waals surface area (Å²) in [5, 5.41) is 0. The van der Waals surface area contributed by atoms with Gasteiger partial charge in [-0.3, -0.25) is 4.31 Å². The molecule has 1 fully saturated rings. The highest BCUT2D eigenvalue weighted by Gasteiger charge is 2.25. The molecule has 0 aliphatic carbocycles. The minimum atomic E-state index is -3.25. The molecule has 0 bridgehead atoms. The molecule has 0 aromatic heterocycles. The van der Waals surface area contributed by atoms with Crippen LogP contribution in [-0.2, 0) is 10.0 Å². The Morgan fingerprint density at radius 1 is 1.24 bits per heavy atom. The van der Waals surface area contributed by atoms with Crippen LogP contribution in [0.15, 0.2) is 24.3 Å². The van der Waals surface area contributed by atoms with Gasteiger partial charge in [0.15, 0.2) is 0 Å². The Morgan fingerprint density at radius 3 is 2.64 bits per heavy atom. The highest BCUT2D eigenvalue weighted by Crippen LogP contribution is 2.33. The number of nitrogens with zero attached hydrogens (tertiary/aromatic N) is 2. The molecule has 0 radical (unpaired) electrons. The third-order valence-corrected chi connectivity index (χ3v) is 6.65. The molecule has 1 aromatic carbocycles. The van der Waals surface area contributed by atoms with Crippen LogP contribution in [0.4, 0.5) is 5.69 Å². The molecule has 0 unspecified atom stereocenters. The van der Waals surface area contributed by atoms with Gasteiger partial charge in [0, 0.05) is 12.6 Å². The van der Waals surface area contributed by atoms with Crippen molar-refractivity contribution in [2.45, 2.75) is 64.3 Å². The summed E-state index contributed by atoms with van der Waals surface area (Å²) in [7, 11) is -1.07. The maximum Gasteiger partial charge on any atom is 0.232 e. The Hall–Kier alpha value is -1.07. The van der Waals surface area contributed by atoms with Crippen molar-refractivity contribution in [3.05, 3.63) is 29.8 Å². The summed E-state index contributed by atoms with van der Waals surface area (Å²) in [6.07, 6.45) is 7.89. The lowest BCUT2D eigenvalue weighted by atomic mass is 9.86. The summed E-state index contributed by atoms with van der Waals surface area (Å²) in [4.78, 5) is 2.40. The van der Waals surface area contributed by atoms with Crippen LogP contribution in [-0.4, -0.2) is 45.8 Å². The highest BCUT2D eigenvalue weighted by atomic mass is 32.2. The van der Waals surface area contributed by atoms with Crippen LogP contribution >= 0.6 is 0 Å². The molecule has 2 atom stereocenters. The Balaban J connectivity index is 2.16. The zero-order valence-electron chi connectivity index (χ0n) is 16.2. The van der Waals surface area contributed by atoms with Crippen molar-refractivity contribution in [3.8, 4) is 0 Å². The van der Waals surface area contributed by atoms with E-state index in [1.165, 1.54) is 11.8 Å². The Morgan fingerprint density at radius 2 is 2.00 bits per heavy atom. The van der Waals surface area contributed by atoms with E-state index in [0.717, 1.165) is 50.8 Å². The van der Waals surface area contributed by atoms with E-state index in [-0.39, 0.29) is 0 Å². The predicted octanol–water partition coefficient (Wildman–Crippen LogP) is 4.23. The van der Waals surface area contributed by atoms with E-state index >= 15 is 0 Å². The van der Waals surface area contributed by atoms with E-state index < -0.39 is 10.0 Å². The number of unbranched alkanes of at least 4 members (excludes halogenated alkanes) is 3. The van der Waals surface area contributed by atoms with Gasteiger partial charge in [0.1, 0.15) is 0 Å². The van der Waals surface area contributed by atoms with Crippen molar-refractivity contribution in [1.82, 2.24) is 4.90 Å². The molecule has 1 saturated heterocycles. The Kier molecular flexibility index (Phi) is 7.32. The van der Waals surface area contributed by atoms with E-state index in [1.807, 2.05) is 12.1 Å². The van der Waals surface area contributed by atoms with Crippen LogP contribution in [0.1, 0.15) is 63.9 Å². The van der Waals surface area contributed by atoms with Gasteiger partial charge in [0.2, 0.25) is 10.0 Å². The molecule has 0 spiro atoms. The number of rotatable bonds is 8. The maximum atomic E-state index is 12.3. The molecule has 1 aromatic rings. The van der Waals surface area contributed by atoms with Gasteiger partial charge in [-0.1, -0.05) is 38.3 Å². The molecule has 25 heavy (non-hydrogen) atoms. The molecular formula is C20H34N2O2S. The van der Waals surface area contributed by atoms with Gasteiger partial charge in [0.05, 0.1) is 11.9 Å². The van der Waals surface area contributed by atoms with Gasteiger partial charge in [-0.25, -0.2) is 8.42 Å². The van der Waals surface area contributed by atoms with E-state index in [2.05, 4.69) is 37.9 Å². The number of hydrogen-bond donors (Lipinski definition) is 0. The van der Waals surface area contributed by atoms with Gasteiger partial charge < -0.3 is 4.90 Å². The summed E-state index contributed by atoms with van der Waals surface area (Å²) in [6.45, 7) is 6.11. The molecule has 0 saturated carbocycles. The molecule has 142 valence electrons. The highest BCUT2D eigenvalue weighted by molar-refractivity contribution is 7.92. The lowest BCUT2D eigenvalue weighted by Crippen LogP contribution is -2.37. The first-order chi connectivity index (χ1) is 11.8. The van der Waals surface area contributed by atoms with Crippen molar-refractivity contribution in [2.24, 2.45) is 0 Å². The molecular weight excluding hydrogens is 332 g/mol. The van der Waals surface area contributed by atoms with Crippen LogP contribution in [0.25, 0.3) is 0 Å². The summed E-state index contributed by atoms with van der Waals surface area (Å²) in [5.41, 5.74) is 2.10. The summed E-state index contributed by atoms with van der Waals surface area (Å²) in [6, 6.07) is 8.77. The second-order valence-electron chi connectivity index (χ2n) is 7.54. The zero-order chi connectivity index (χ0) is 18.4. The third-order valence-electron chi connectivity index (χ3n) is 5.45. The van der Waals surface area contributed by atoms with Crippen LogP contribution in [0.2, 0.25) is 0 Å². The van der Waals surface area contributed by atoms with E-state index in [0.29, 0.717) is 18.5 Å². The fourth-order valence-electron chi connectivity index (χ4n) is 3.69. The molecule has 5 heteroatoms. The van der Waals surface area contributed by atoms with Gasteiger partial charge in [-0.05, 0) is 63.4 Å². The third kappa shape index (κ3) is 5.71. The molecule has 1 heterocycles. The first-order valence-corrected chi connectivity index (χ1v) is 11.5. The maximum absolute atomic E-state index is 12.3. The molecule has 1 aliphatic heterocycles. The largest absolute Gasteiger partial charge is 0.304 e. The van der Waals surface area contributed by atoms with Crippen LogP contribution in [0, 0.1) is 0 Å². The van der Waals surface area contributed by atoms with E-state index in [4.69, 9.17) is 0 Å². The van der Waals surface area contributed by atoms with Crippen molar-refractivity contribution < 1.29 is 8.42 Å². The standard InChI is InChI=1S/C20H34N2O2S/c1-5-6-7-8-13-22(25(4,23)24)20-11-9-10-18(16-20)19-12-14-21(3)17(2)15-19/h9-11,16-17,19H,5-8,12-15H2,1-4H3/t17-,19-/m1/s1. The Labute approximate surface area is 154 Å². The predicted molar refractivity (Wildman–Crippen MR) is 107 cm³/mol. The summed E-state index contributed by atoms with van der Waals surface area (Å²) in [5.74, 6) is 0.521. The first kappa shape index (κ1) is 20.2. The normalized spacial score (nSPS) is 22.1. The minimum Gasteiger partial charge on any atom is -0.304 e. The van der Waals surface area contributed by atoms with Crippen molar-refractivity contribution in [1.29, 1.82) is 0 Å². The average Bonchev–Trinajstić information content (AvgIpc) is 2.56. The average molecular weight is 367 g/mol. The number of likely N-dealkylation sites (tertiary alicyclic amines) is 1. The lowest BCUT2D eigenvalue weighted by molar-refractivity contribution is 0.183. The van der Waals surface area contributed by atoms with Gasteiger partial charge in [-0.2, -0.15) is 0 Å². The molecule has 0 amide bonds. The van der Waals surface area contributed by atoms with Crippen LogP contribution < -0.4 is 4.31 Å². The second-order valence-corrected chi connectivity index (χ2v) is 9.45. The topological polar surface area (TPSA) is 40.6 Å². The zero-order valence-corrected chi connectivity index (χ0v) is 17.1. The second kappa shape index (κ2) is 9.04. The van der Waals surface area contributed by atoms with Crippen LogP contribution in [0.5, 0.6) is 0 Å². The molecule has 4 nitrogen and oxygen atoms in total. The monoisotopic (exact) mass is 366 g/mol. The van der Waals surface area contributed by atoms with Gasteiger partial charge in [0.25, 0.3) is 0 Å². The number of hydrogen-bond acceptors (Lipinski definition) is 3. The minimum absolute atomic E-state index is 0.521. The van der Waals surface area contributed by atoms with Gasteiger partial charge >= 0.3 is 0 Å². The first-order valence-electron chi connectivity index (χ1n) is 9.60. The smallest absolute Gasteiger partial charge is 0.232 e. The fourth-order valence-corrected chi connectivity index (χ4v) is 4.65. The molecule has 0 N–H and O–H groups in total. The number of anilines is 1. The van der Waals surface area contributed by atoms with E-state index in [1.54, 1.807) is 4.31 Å². The van der Waals surface area contributed by atoms with Crippen LogP contribution in [0.3, 0.4) is 0 Å².